The number of nitrogens with one attached hydrogen (secondary N) is 2. The molecule has 10 nitrogen and oxygen atoms in total. The first-order chi connectivity index (χ1) is 19.7. The maximum Gasteiger partial charge on any atom is 0.487 e. The highest BCUT2D eigenvalue weighted by Gasteiger charge is 2.30. The van der Waals surface area contributed by atoms with Gasteiger partial charge in [0.1, 0.15) is 11.6 Å². The molecule has 0 saturated carbocycles. The van der Waals surface area contributed by atoms with Gasteiger partial charge in [0.05, 0.1) is 23.9 Å². The molecule has 3 N–H and O–H groups in total. The number of aliphatic hydroxyl groups excluding tert-OH is 1. The zero-order valence-corrected chi connectivity index (χ0v) is 23.1. The van der Waals surface area contributed by atoms with Gasteiger partial charge in [-0.1, -0.05) is 0 Å². The minimum Gasteiger partial charge on any atom is -0.420 e. The van der Waals surface area contributed by atoms with E-state index in [0.29, 0.717) is 48.7 Å². The van der Waals surface area contributed by atoms with Crippen LogP contribution in [0.1, 0.15) is 35.7 Å². The highest BCUT2D eigenvalue weighted by Crippen LogP contribution is 2.34. The topological polar surface area (TPSA) is 108 Å². The number of alkyl halides is 3. The highest BCUT2D eigenvalue weighted by atomic mass is 35.5. The highest BCUT2D eigenvalue weighted by molar-refractivity contribution is 6.20. The number of pyridine rings is 1. The summed E-state index contributed by atoms with van der Waals surface area (Å²) in [7, 11) is 0. The molecule has 0 bridgehead atoms. The van der Waals surface area contributed by atoms with Gasteiger partial charge in [-0.05, 0) is 49.6 Å². The predicted octanol–water partition coefficient (Wildman–Crippen LogP) is 3.55. The number of nitrogens with zero attached hydrogens (tertiary/aromatic N) is 5. The number of aliphatic hydroxyl groups is 1. The lowest BCUT2D eigenvalue weighted by Crippen LogP contribution is -2.58. The number of amides is 1. The summed E-state index contributed by atoms with van der Waals surface area (Å²) in [5.74, 6) is 0.147. The number of carbonyl (C=O) groups excluding carboxylic acids is 1. The van der Waals surface area contributed by atoms with Crippen molar-refractivity contribution in [1.82, 2.24) is 25.0 Å². The monoisotopic (exact) mass is 587 g/mol. The molecule has 2 aromatic heterocycles. The summed E-state index contributed by atoms with van der Waals surface area (Å²) < 4.78 is 32.1. The number of anilines is 2. The van der Waals surface area contributed by atoms with E-state index in [-0.39, 0.29) is 5.75 Å². The fourth-order valence-corrected chi connectivity index (χ4v) is 5.74. The number of ether oxygens (including phenoxy) is 1. The van der Waals surface area contributed by atoms with Gasteiger partial charge >= 0.3 is 5.57 Å². The zero-order chi connectivity index (χ0) is 28.6. The van der Waals surface area contributed by atoms with Crippen molar-refractivity contribution in [2.75, 3.05) is 49.5 Å². The molecule has 6 rings (SSSR count). The number of aromatic nitrogens is 3. The summed E-state index contributed by atoms with van der Waals surface area (Å²) in [5, 5.41) is 21.0. The van der Waals surface area contributed by atoms with Gasteiger partial charge in [0.25, 0.3) is 5.91 Å². The number of carbonyl (C=O) groups is 1. The third kappa shape index (κ3) is 6.45. The molecular weight excluding hydrogens is 556 g/mol. The number of halogens is 3. The van der Waals surface area contributed by atoms with Gasteiger partial charge in [-0.25, -0.2) is 4.98 Å². The second-order valence-corrected chi connectivity index (χ2v) is 11.2. The van der Waals surface area contributed by atoms with Crippen LogP contribution in [-0.2, 0) is 0 Å². The summed E-state index contributed by atoms with van der Waals surface area (Å²) in [6.45, 7) is 5.33. The third-order valence-corrected chi connectivity index (χ3v) is 8.08. The van der Waals surface area contributed by atoms with Crippen LogP contribution in [0.2, 0.25) is 0 Å². The molecule has 1 atom stereocenters. The van der Waals surface area contributed by atoms with Gasteiger partial charge in [-0.15, -0.1) is 8.78 Å². The van der Waals surface area contributed by atoms with E-state index in [2.05, 4.69) is 25.3 Å². The molecule has 0 radical (unpaired) electrons. The van der Waals surface area contributed by atoms with Crippen LogP contribution in [0.15, 0.2) is 48.9 Å². The molecule has 0 aliphatic carbocycles. The SMILES string of the molecule is O=C(Nc1ccc(OC(F)(F)Cl)cc1)c1cnc(N2CC[C@@H](O)C2)c(-c2cnn(C3CCN(C4CNC4)CC3)c2)c1. The van der Waals surface area contributed by atoms with Crippen LogP contribution in [0, 0.1) is 0 Å². The number of hydrogen-bond acceptors (Lipinski definition) is 8. The summed E-state index contributed by atoms with van der Waals surface area (Å²) in [6, 6.07) is 8.20. The normalized spacial score (nSPS) is 20.7. The molecule has 3 aliphatic rings. The van der Waals surface area contributed by atoms with Crippen molar-refractivity contribution < 1.29 is 23.4 Å². The van der Waals surface area contributed by atoms with Crippen molar-refractivity contribution in [3.63, 3.8) is 0 Å². The lowest BCUT2D eigenvalue weighted by molar-refractivity contribution is -0.0964. The van der Waals surface area contributed by atoms with Crippen LogP contribution < -0.4 is 20.3 Å². The summed E-state index contributed by atoms with van der Waals surface area (Å²) in [6.07, 6.45) is 7.59. The molecule has 0 unspecified atom stereocenters. The maximum atomic E-state index is 13.2. The maximum absolute atomic E-state index is 13.2. The third-order valence-electron chi connectivity index (χ3n) is 8.00. The molecule has 1 amide bonds. The van der Waals surface area contributed by atoms with E-state index in [0.717, 1.165) is 50.1 Å². The Kier molecular flexibility index (Phi) is 7.82. The van der Waals surface area contributed by atoms with E-state index in [1.165, 1.54) is 30.5 Å². The van der Waals surface area contributed by atoms with Crippen molar-refractivity contribution in [2.24, 2.45) is 0 Å². The minimum absolute atomic E-state index is 0.133. The fraction of sp³-hybridized carbons (Fsp3) is 0.464. The first kappa shape index (κ1) is 27.8. The molecule has 41 heavy (non-hydrogen) atoms. The number of piperidine rings is 1. The van der Waals surface area contributed by atoms with Gasteiger partial charge in [0.15, 0.2) is 0 Å². The summed E-state index contributed by atoms with van der Waals surface area (Å²) in [4.78, 5) is 22.4. The van der Waals surface area contributed by atoms with E-state index >= 15 is 0 Å². The molecule has 218 valence electrons. The Morgan fingerprint density at radius 3 is 2.49 bits per heavy atom. The number of rotatable bonds is 8. The Morgan fingerprint density at radius 2 is 1.85 bits per heavy atom. The van der Waals surface area contributed by atoms with Gasteiger partial charge < -0.3 is 25.4 Å². The van der Waals surface area contributed by atoms with Crippen molar-refractivity contribution in [3.8, 4) is 16.9 Å². The van der Waals surface area contributed by atoms with Gasteiger partial charge in [0.2, 0.25) is 0 Å². The van der Waals surface area contributed by atoms with Crippen LogP contribution in [0.4, 0.5) is 20.3 Å². The molecule has 3 aromatic rings. The number of benzene rings is 1. The van der Waals surface area contributed by atoms with Crippen molar-refractivity contribution in [3.05, 3.63) is 54.5 Å². The largest absolute Gasteiger partial charge is 0.487 e. The smallest absolute Gasteiger partial charge is 0.420 e. The van der Waals surface area contributed by atoms with Crippen LogP contribution in [0.3, 0.4) is 0 Å². The molecular formula is C28H32ClF2N7O3. The molecule has 3 saturated heterocycles. The number of likely N-dealkylation sites (tertiary alicyclic amines) is 1. The van der Waals surface area contributed by atoms with E-state index in [1.54, 1.807) is 6.07 Å². The van der Waals surface area contributed by atoms with Crippen LogP contribution in [0.5, 0.6) is 5.75 Å². The van der Waals surface area contributed by atoms with Crippen LogP contribution >= 0.6 is 11.6 Å². The van der Waals surface area contributed by atoms with Crippen LogP contribution in [0.25, 0.3) is 11.1 Å². The molecule has 3 fully saturated rings. The minimum atomic E-state index is -3.82. The second-order valence-electron chi connectivity index (χ2n) is 10.8. The van der Waals surface area contributed by atoms with E-state index in [4.69, 9.17) is 16.7 Å². The quantitative estimate of drug-likeness (QED) is 0.344. The second kappa shape index (κ2) is 11.5. The number of β-amino-alcohol motifs (C(OH)–C–C–N with tert-alkyl or cyclic N) is 1. The molecule has 3 aliphatic heterocycles. The molecule has 13 heteroatoms. The van der Waals surface area contributed by atoms with Crippen LogP contribution in [-0.4, -0.2) is 87.7 Å². The average molecular weight is 588 g/mol. The fourth-order valence-electron chi connectivity index (χ4n) is 5.65. The Bertz CT molecular complexity index is 1370. The lowest BCUT2D eigenvalue weighted by Gasteiger charge is -2.42. The van der Waals surface area contributed by atoms with E-state index < -0.39 is 17.6 Å². The Hall–Kier alpha value is -3.32. The first-order valence-electron chi connectivity index (χ1n) is 13.8. The van der Waals surface area contributed by atoms with Gasteiger partial charge in [-0.2, -0.15) is 5.10 Å². The molecule has 1 aromatic carbocycles. The summed E-state index contributed by atoms with van der Waals surface area (Å²) in [5.41, 5.74) is -1.50. The van der Waals surface area contributed by atoms with Gasteiger partial charge in [0, 0.05) is 86.1 Å². The standard InChI is InChI=1S/C28H32ClF2N7O3/c29-28(30,31)41-24-3-1-20(2-4-24)35-27(40)18-11-25(26(33-12-18)37-10-7-23(39)17-37)19-13-34-38(16-19)21-5-8-36(9-6-21)22-14-32-15-22/h1-4,11-13,16,21-23,32,39H,5-10,14-15,17H2,(H,35,40)/t23-/m1/s1. The van der Waals surface area contributed by atoms with Crippen molar-refractivity contribution >= 4 is 29.0 Å². The molecule has 5 heterocycles. The Balaban J connectivity index is 1.21. The summed E-state index contributed by atoms with van der Waals surface area (Å²) >= 11 is 4.82. The lowest BCUT2D eigenvalue weighted by atomic mass is 10.0. The zero-order valence-electron chi connectivity index (χ0n) is 22.3. The van der Waals surface area contributed by atoms with Crippen molar-refractivity contribution in [2.45, 2.75) is 43.0 Å². The first-order valence-corrected chi connectivity index (χ1v) is 14.2. The Morgan fingerprint density at radius 1 is 1.10 bits per heavy atom. The number of hydrogen-bond donors (Lipinski definition) is 3. The molecule has 0 spiro atoms. The predicted molar refractivity (Wildman–Crippen MR) is 151 cm³/mol. The van der Waals surface area contributed by atoms with Crippen molar-refractivity contribution in [1.29, 1.82) is 0 Å². The Labute approximate surface area is 241 Å². The van der Waals surface area contributed by atoms with Gasteiger partial charge in [-0.3, -0.25) is 14.4 Å². The van der Waals surface area contributed by atoms with E-state index in [9.17, 15) is 18.7 Å². The van der Waals surface area contributed by atoms with E-state index in [1.807, 2.05) is 22.0 Å². The average Bonchev–Trinajstić information content (AvgIpc) is 3.58.